The van der Waals surface area contributed by atoms with Gasteiger partial charge in [0.25, 0.3) is 5.91 Å². The number of rotatable bonds is 6. The smallest absolute Gasteiger partial charge is 0.407 e. The van der Waals surface area contributed by atoms with Crippen LogP contribution in [0, 0.1) is 0 Å². The number of hydrogen-bond donors (Lipinski definition) is 2. The highest BCUT2D eigenvalue weighted by molar-refractivity contribution is 7.91. The third-order valence-corrected chi connectivity index (χ3v) is 7.95. The molecule has 0 unspecified atom stereocenters. The molecular weight excluding hydrogens is 505 g/mol. The van der Waals surface area contributed by atoms with Crippen LogP contribution in [-0.2, 0) is 9.84 Å². The standard InChI is InChI=1S/C22H25Cl2N3O6S/c1-3-34(31,32)20-5-4-13(23)10-18(20)26(2)21(28)15-11-16(24)19(12-17(15)25)33-14-6-8-27(9-7-14)22(29)30/h4-5,10-12,14H,3,6-9,25H2,1-2H3,(H,29,30). The van der Waals surface area contributed by atoms with Crippen LogP contribution in [0.1, 0.15) is 30.1 Å². The second-order valence-electron chi connectivity index (χ2n) is 7.84. The zero-order valence-corrected chi connectivity index (χ0v) is 21.0. The van der Waals surface area contributed by atoms with Crippen LogP contribution in [0.3, 0.4) is 0 Å². The lowest BCUT2D eigenvalue weighted by molar-refractivity contribution is 0.0895. The van der Waals surface area contributed by atoms with Gasteiger partial charge in [0, 0.05) is 49.8 Å². The first kappa shape index (κ1) is 25.9. The first-order chi connectivity index (χ1) is 15.9. The van der Waals surface area contributed by atoms with Gasteiger partial charge in [0.05, 0.1) is 26.9 Å². The van der Waals surface area contributed by atoms with Crippen molar-refractivity contribution in [3.8, 4) is 5.75 Å². The number of carboxylic acid groups (broad SMARTS) is 1. The molecule has 0 atom stereocenters. The number of hydrogen-bond acceptors (Lipinski definition) is 6. The second-order valence-corrected chi connectivity index (χ2v) is 10.9. The van der Waals surface area contributed by atoms with E-state index in [1.54, 1.807) is 0 Å². The molecule has 2 aromatic rings. The number of nitrogens with zero attached hydrogens (tertiary/aromatic N) is 2. The van der Waals surface area contributed by atoms with Crippen molar-refractivity contribution in [2.45, 2.75) is 30.8 Å². The first-order valence-electron chi connectivity index (χ1n) is 10.5. The number of anilines is 2. The van der Waals surface area contributed by atoms with E-state index in [0.717, 1.165) is 0 Å². The van der Waals surface area contributed by atoms with Crippen molar-refractivity contribution < 1.29 is 27.9 Å². The summed E-state index contributed by atoms with van der Waals surface area (Å²) in [4.78, 5) is 26.8. The normalized spacial score (nSPS) is 14.6. The molecule has 2 aromatic carbocycles. The van der Waals surface area contributed by atoms with Crippen molar-refractivity contribution >= 4 is 56.4 Å². The van der Waals surface area contributed by atoms with Gasteiger partial charge in [-0.3, -0.25) is 4.79 Å². The molecule has 0 aliphatic carbocycles. The molecule has 1 aliphatic heterocycles. The molecule has 1 fully saturated rings. The maximum absolute atomic E-state index is 13.2. The van der Waals surface area contributed by atoms with E-state index in [1.807, 2.05) is 0 Å². The molecule has 1 heterocycles. The third kappa shape index (κ3) is 5.51. The van der Waals surface area contributed by atoms with Crippen LogP contribution >= 0.6 is 23.2 Å². The van der Waals surface area contributed by atoms with Gasteiger partial charge in [-0.2, -0.15) is 0 Å². The predicted octanol–water partition coefficient (Wildman–Crippen LogP) is 4.17. The summed E-state index contributed by atoms with van der Waals surface area (Å²) < 4.78 is 31.0. The van der Waals surface area contributed by atoms with Gasteiger partial charge in [-0.15, -0.1) is 0 Å². The lowest BCUT2D eigenvalue weighted by Crippen LogP contribution is -2.41. The van der Waals surface area contributed by atoms with Crippen LogP contribution in [-0.4, -0.2) is 62.4 Å². The Hall–Kier alpha value is -2.69. The van der Waals surface area contributed by atoms with E-state index in [9.17, 15) is 18.0 Å². The topological polar surface area (TPSA) is 130 Å². The minimum atomic E-state index is -3.63. The number of piperidine rings is 1. The fourth-order valence-electron chi connectivity index (χ4n) is 3.65. The Balaban J connectivity index is 1.85. The molecule has 0 saturated carbocycles. The number of halogens is 2. The Kier molecular flexibility index (Phi) is 7.84. The van der Waals surface area contributed by atoms with Crippen LogP contribution in [0.5, 0.6) is 5.75 Å². The van der Waals surface area contributed by atoms with Gasteiger partial charge in [-0.05, 0) is 24.3 Å². The van der Waals surface area contributed by atoms with Gasteiger partial charge in [-0.1, -0.05) is 30.1 Å². The second kappa shape index (κ2) is 10.3. The van der Waals surface area contributed by atoms with Gasteiger partial charge in [-0.25, -0.2) is 13.2 Å². The fraction of sp³-hybridized carbons (Fsp3) is 0.364. The average Bonchev–Trinajstić information content (AvgIpc) is 2.80. The van der Waals surface area contributed by atoms with Gasteiger partial charge < -0.3 is 25.4 Å². The van der Waals surface area contributed by atoms with E-state index in [0.29, 0.717) is 25.9 Å². The maximum Gasteiger partial charge on any atom is 0.407 e. The number of carbonyl (C=O) groups excluding carboxylic acids is 1. The number of ether oxygens (including phenoxy) is 1. The van der Waals surface area contributed by atoms with Gasteiger partial charge in [0.2, 0.25) is 0 Å². The van der Waals surface area contributed by atoms with E-state index in [-0.39, 0.29) is 49.5 Å². The Bertz CT molecular complexity index is 1210. The summed E-state index contributed by atoms with van der Waals surface area (Å²) in [5.74, 6) is -0.436. The Morgan fingerprint density at radius 1 is 1.21 bits per heavy atom. The molecule has 1 aliphatic rings. The summed E-state index contributed by atoms with van der Waals surface area (Å²) in [6.45, 7) is 2.20. The number of nitrogens with two attached hydrogens (primary N) is 1. The summed E-state index contributed by atoms with van der Waals surface area (Å²) in [6, 6.07) is 7.03. The van der Waals surface area contributed by atoms with Crippen molar-refractivity contribution in [1.82, 2.24) is 4.90 Å². The first-order valence-corrected chi connectivity index (χ1v) is 12.9. The average molecular weight is 530 g/mol. The van der Waals surface area contributed by atoms with Crippen LogP contribution < -0.4 is 15.4 Å². The van der Waals surface area contributed by atoms with E-state index >= 15 is 0 Å². The van der Waals surface area contributed by atoms with E-state index in [2.05, 4.69) is 0 Å². The van der Waals surface area contributed by atoms with Crippen LogP contribution in [0.15, 0.2) is 35.2 Å². The van der Waals surface area contributed by atoms with E-state index in [4.69, 9.17) is 38.8 Å². The Morgan fingerprint density at radius 3 is 2.44 bits per heavy atom. The molecule has 0 spiro atoms. The lowest BCUT2D eigenvalue weighted by atomic mass is 10.1. The molecule has 2 amide bonds. The molecule has 3 rings (SSSR count). The SMILES string of the molecule is CCS(=O)(=O)c1ccc(Cl)cc1N(C)C(=O)c1cc(Cl)c(OC2CCN(C(=O)O)CC2)cc1N. The molecule has 184 valence electrons. The number of likely N-dealkylation sites (tertiary alicyclic amines) is 1. The van der Waals surface area contributed by atoms with Crippen molar-refractivity contribution in [1.29, 1.82) is 0 Å². The van der Waals surface area contributed by atoms with Crippen molar-refractivity contribution in [2.75, 3.05) is 36.5 Å². The molecule has 12 heteroatoms. The van der Waals surface area contributed by atoms with Crippen molar-refractivity contribution in [2.24, 2.45) is 0 Å². The molecule has 34 heavy (non-hydrogen) atoms. The quantitative estimate of drug-likeness (QED) is 0.536. The van der Waals surface area contributed by atoms with Crippen molar-refractivity contribution in [3.63, 3.8) is 0 Å². The monoisotopic (exact) mass is 529 g/mol. The molecule has 3 N–H and O–H groups in total. The summed E-state index contributed by atoms with van der Waals surface area (Å²) in [6.07, 6.45) is -0.225. The fourth-order valence-corrected chi connectivity index (χ4v) is 5.13. The van der Waals surface area contributed by atoms with Crippen LogP contribution in [0.4, 0.5) is 16.2 Å². The van der Waals surface area contributed by atoms with E-state index < -0.39 is 21.8 Å². The minimum absolute atomic E-state index is 0.0208. The number of benzene rings is 2. The van der Waals surface area contributed by atoms with Gasteiger partial charge in [0.15, 0.2) is 9.84 Å². The Morgan fingerprint density at radius 2 is 1.85 bits per heavy atom. The van der Waals surface area contributed by atoms with E-state index in [1.165, 1.54) is 54.1 Å². The number of nitrogen functional groups attached to an aromatic ring is 1. The number of sulfone groups is 1. The van der Waals surface area contributed by atoms with Gasteiger partial charge in [0.1, 0.15) is 11.9 Å². The van der Waals surface area contributed by atoms with Crippen LogP contribution in [0.25, 0.3) is 0 Å². The molecule has 1 saturated heterocycles. The Labute approximate surface area is 207 Å². The molecule has 0 radical (unpaired) electrons. The third-order valence-electron chi connectivity index (χ3n) is 5.64. The zero-order chi connectivity index (χ0) is 25.2. The summed E-state index contributed by atoms with van der Waals surface area (Å²) >= 11 is 12.4. The number of amides is 2. The molecule has 9 nitrogen and oxygen atoms in total. The zero-order valence-electron chi connectivity index (χ0n) is 18.6. The van der Waals surface area contributed by atoms with Crippen molar-refractivity contribution in [3.05, 3.63) is 45.9 Å². The highest BCUT2D eigenvalue weighted by Gasteiger charge is 2.27. The molecule has 0 aromatic heterocycles. The van der Waals surface area contributed by atoms with Crippen LogP contribution in [0.2, 0.25) is 10.0 Å². The largest absolute Gasteiger partial charge is 0.489 e. The lowest BCUT2D eigenvalue weighted by Gasteiger charge is -2.30. The molecule has 0 bridgehead atoms. The number of carbonyl (C=O) groups is 2. The highest BCUT2D eigenvalue weighted by Crippen LogP contribution is 2.35. The summed E-state index contributed by atoms with van der Waals surface area (Å²) in [5, 5.41) is 9.49. The summed E-state index contributed by atoms with van der Waals surface area (Å²) in [7, 11) is -2.20. The highest BCUT2D eigenvalue weighted by atomic mass is 35.5. The summed E-state index contributed by atoms with van der Waals surface area (Å²) in [5.41, 5.74) is 6.43. The molecular formula is C22H25Cl2N3O6S. The van der Waals surface area contributed by atoms with Gasteiger partial charge >= 0.3 is 6.09 Å². The minimum Gasteiger partial charge on any atom is -0.489 e. The predicted molar refractivity (Wildman–Crippen MR) is 131 cm³/mol. The maximum atomic E-state index is 13.2.